The minimum absolute atomic E-state index is 0.0389. The number of hydrogen-bond donors (Lipinski definition) is 2. The van der Waals surface area contributed by atoms with Gasteiger partial charge in [-0.05, 0) is 41.8 Å². The van der Waals surface area contributed by atoms with Crippen molar-refractivity contribution in [2.75, 3.05) is 18.2 Å². The van der Waals surface area contributed by atoms with Crippen LogP contribution in [0.4, 0.5) is 16.3 Å². The Bertz CT molecular complexity index is 875. The van der Waals surface area contributed by atoms with Gasteiger partial charge in [-0.1, -0.05) is 24.3 Å². The summed E-state index contributed by atoms with van der Waals surface area (Å²) in [5, 5.41) is 7.67. The van der Waals surface area contributed by atoms with Gasteiger partial charge in [-0.3, -0.25) is 0 Å². The molecule has 3 aromatic rings. The largest absolute Gasteiger partial charge is 0.497 e. The predicted octanol–water partition coefficient (Wildman–Crippen LogP) is 3.15. The molecule has 0 spiro atoms. The van der Waals surface area contributed by atoms with Crippen molar-refractivity contribution in [2.45, 2.75) is 18.5 Å². The lowest BCUT2D eigenvalue weighted by Crippen LogP contribution is -2.28. The molecule has 0 aliphatic carbocycles. The summed E-state index contributed by atoms with van der Waals surface area (Å²) in [5.41, 5.74) is 7.86. The molecular weight excluding hydrogens is 321 g/mol. The predicted molar refractivity (Wildman–Crippen MR) is 92.9 cm³/mol. The van der Waals surface area contributed by atoms with Crippen LogP contribution in [0.15, 0.2) is 48.5 Å². The second-order valence-corrected chi connectivity index (χ2v) is 6.01. The molecule has 2 atom stereocenters. The lowest BCUT2D eigenvalue weighted by atomic mass is 9.93. The first-order chi connectivity index (χ1) is 12.1. The van der Waals surface area contributed by atoms with E-state index in [1.807, 2.05) is 24.3 Å². The van der Waals surface area contributed by atoms with Crippen molar-refractivity contribution in [3.63, 3.8) is 0 Å². The minimum atomic E-state index is -0.261. The quantitative estimate of drug-likeness (QED) is 0.766. The van der Waals surface area contributed by atoms with Gasteiger partial charge < -0.3 is 15.8 Å². The first-order valence-corrected chi connectivity index (χ1v) is 8.02. The van der Waals surface area contributed by atoms with Crippen LogP contribution >= 0.6 is 0 Å². The van der Waals surface area contributed by atoms with Gasteiger partial charge in [0, 0.05) is 0 Å². The zero-order valence-electron chi connectivity index (χ0n) is 13.7. The summed E-state index contributed by atoms with van der Waals surface area (Å²) >= 11 is 0. The number of nitrogens with one attached hydrogen (secondary N) is 1. The molecule has 4 rings (SSSR count). The Morgan fingerprint density at radius 2 is 1.80 bits per heavy atom. The molecule has 7 heteroatoms. The fourth-order valence-corrected chi connectivity index (χ4v) is 3.21. The summed E-state index contributed by atoms with van der Waals surface area (Å²) < 4.78 is 20.3. The van der Waals surface area contributed by atoms with E-state index in [1.54, 1.807) is 23.9 Å². The summed E-state index contributed by atoms with van der Waals surface area (Å²) in [6, 6.07) is 14.3. The van der Waals surface area contributed by atoms with E-state index in [0.29, 0.717) is 5.95 Å². The highest BCUT2D eigenvalue weighted by Crippen LogP contribution is 2.38. The molecule has 128 valence electrons. The summed E-state index contributed by atoms with van der Waals surface area (Å²) in [7, 11) is 1.64. The van der Waals surface area contributed by atoms with Gasteiger partial charge in [-0.2, -0.15) is 4.98 Å². The zero-order chi connectivity index (χ0) is 17.4. The second kappa shape index (κ2) is 6.08. The number of benzene rings is 2. The van der Waals surface area contributed by atoms with Crippen LogP contribution in [-0.2, 0) is 0 Å². The molecule has 0 saturated heterocycles. The Hall–Kier alpha value is -3.09. The van der Waals surface area contributed by atoms with Crippen molar-refractivity contribution in [1.82, 2.24) is 14.8 Å². The van der Waals surface area contributed by atoms with Crippen molar-refractivity contribution in [1.29, 1.82) is 0 Å². The molecule has 6 nitrogen and oxygen atoms in total. The van der Waals surface area contributed by atoms with E-state index >= 15 is 0 Å². The normalized spacial score (nSPS) is 19.1. The first-order valence-electron chi connectivity index (χ1n) is 8.02. The molecule has 0 fully saturated rings. The van der Waals surface area contributed by atoms with Crippen molar-refractivity contribution in [3.05, 3.63) is 65.5 Å². The Labute approximate surface area is 144 Å². The van der Waals surface area contributed by atoms with Gasteiger partial charge in [-0.25, -0.2) is 9.07 Å². The molecule has 25 heavy (non-hydrogen) atoms. The van der Waals surface area contributed by atoms with Crippen LogP contribution in [0.25, 0.3) is 0 Å². The third kappa shape index (κ3) is 2.88. The molecule has 1 aliphatic rings. The maximum atomic E-state index is 13.3. The average Bonchev–Trinajstić information content (AvgIpc) is 3.02. The second-order valence-electron chi connectivity index (χ2n) is 6.01. The van der Waals surface area contributed by atoms with Gasteiger partial charge in [0.1, 0.15) is 11.6 Å². The van der Waals surface area contributed by atoms with Crippen molar-refractivity contribution in [3.8, 4) is 5.75 Å². The van der Waals surface area contributed by atoms with Crippen LogP contribution in [0.1, 0.15) is 29.6 Å². The number of ether oxygens (including phenoxy) is 1. The van der Waals surface area contributed by atoms with Crippen LogP contribution in [-0.4, -0.2) is 21.9 Å². The Balaban J connectivity index is 1.71. The monoisotopic (exact) mass is 339 g/mol. The number of hydrogen-bond acceptors (Lipinski definition) is 5. The summed E-state index contributed by atoms with van der Waals surface area (Å²) in [5.74, 6) is 1.37. The molecule has 0 unspecified atom stereocenters. The molecule has 2 heterocycles. The Kier molecular flexibility index (Phi) is 3.76. The number of fused-ring (bicyclic) bond motifs is 1. The zero-order valence-corrected chi connectivity index (χ0v) is 13.7. The maximum absolute atomic E-state index is 13.3. The van der Waals surface area contributed by atoms with Gasteiger partial charge in [0.25, 0.3) is 0 Å². The molecule has 1 aromatic heterocycles. The van der Waals surface area contributed by atoms with Crippen LogP contribution in [0.2, 0.25) is 0 Å². The number of methoxy groups -OCH3 is 1. The third-order valence-electron chi connectivity index (χ3n) is 4.48. The Morgan fingerprint density at radius 1 is 1.12 bits per heavy atom. The SMILES string of the molecule is COc1ccc([C@@H]2C[C@@H](c3ccc(F)cc3)n3nc(N)nc3N2)cc1. The number of nitrogens with two attached hydrogens (primary N) is 1. The van der Waals surface area contributed by atoms with Crippen LogP contribution in [0.3, 0.4) is 0 Å². The summed E-state index contributed by atoms with van der Waals surface area (Å²) in [6.45, 7) is 0. The highest BCUT2D eigenvalue weighted by atomic mass is 19.1. The highest BCUT2D eigenvalue weighted by molar-refractivity contribution is 5.42. The van der Waals surface area contributed by atoms with Gasteiger partial charge in [0.05, 0.1) is 19.2 Å². The standard InChI is InChI=1S/C18H18FN5O/c1-25-14-8-4-11(5-9-14)15-10-16(12-2-6-13(19)7-3-12)24-18(21-15)22-17(20)23-24/h2-9,15-16H,10H2,1H3,(H3,20,21,22,23)/t15-,16-/m0/s1. The van der Waals surface area contributed by atoms with Crippen molar-refractivity contribution < 1.29 is 9.13 Å². The fourth-order valence-electron chi connectivity index (χ4n) is 3.21. The van der Waals surface area contributed by atoms with Crippen LogP contribution in [0, 0.1) is 5.82 Å². The molecule has 2 aromatic carbocycles. The number of nitrogen functional groups attached to an aromatic ring is 1. The van der Waals surface area contributed by atoms with E-state index in [1.165, 1.54) is 12.1 Å². The number of anilines is 2. The molecule has 0 saturated carbocycles. The third-order valence-corrected chi connectivity index (χ3v) is 4.48. The molecule has 0 radical (unpaired) electrons. The summed E-state index contributed by atoms with van der Waals surface area (Å²) in [6.07, 6.45) is 0.744. The van der Waals surface area contributed by atoms with E-state index in [9.17, 15) is 4.39 Å². The number of nitrogens with zero attached hydrogens (tertiary/aromatic N) is 3. The number of halogens is 1. The molecular formula is C18H18FN5O. The smallest absolute Gasteiger partial charge is 0.241 e. The number of rotatable bonds is 3. The molecule has 0 amide bonds. The lowest BCUT2D eigenvalue weighted by molar-refractivity contribution is 0.413. The van der Waals surface area contributed by atoms with E-state index in [2.05, 4.69) is 15.4 Å². The van der Waals surface area contributed by atoms with E-state index in [-0.39, 0.29) is 23.8 Å². The lowest BCUT2D eigenvalue weighted by Gasteiger charge is -2.31. The van der Waals surface area contributed by atoms with E-state index < -0.39 is 0 Å². The van der Waals surface area contributed by atoms with Crippen molar-refractivity contribution in [2.24, 2.45) is 0 Å². The summed E-state index contributed by atoms with van der Waals surface area (Å²) in [4.78, 5) is 4.27. The van der Waals surface area contributed by atoms with Gasteiger partial charge in [0.2, 0.25) is 11.9 Å². The van der Waals surface area contributed by atoms with Gasteiger partial charge in [0.15, 0.2) is 0 Å². The molecule has 3 N–H and O–H groups in total. The first kappa shape index (κ1) is 15.4. The van der Waals surface area contributed by atoms with Gasteiger partial charge in [-0.15, -0.1) is 5.10 Å². The fraction of sp³-hybridized carbons (Fsp3) is 0.222. The minimum Gasteiger partial charge on any atom is -0.497 e. The molecule has 1 aliphatic heterocycles. The average molecular weight is 339 g/mol. The van der Waals surface area contributed by atoms with Crippen LogP contribution in [0.5, 0.6) is 5.75 Å². The maximum Gasteiger partial charge on any atom is 0.241 e. The van der Waals surface area contributed by atoms with Crippen molar-refractivity contribution >= 4 is 11.9 Å². The number of aromatic nitrogens is 3. The molecule has 0 bridgehead atoms. The van der Waals surface area contributed by atoms with Gasteiger partial charge >= 0.3 is 0 Å². The highest BCUT2D eigenvalue weighted by Gasteiger charge is 2.30. The Morgan fingerprint density at radius 3 is 2.48 bits per heavy atom. The van der Waals surface area contributed by atoms with E-state index in [0.717, 1.165) is 23.3 Å². The van der Waals surface area contributed by atoms with E-state index in [4.69, 9.17) is 10.5 Å². The topological polar surface area (TPSA) is 78.0 Å². The van der Waals surface area contributed by atoms with Crippen LogP contribution < -0.4 is 15.8 Å².